The number of sulfonamides is 1. The Bertz CT molecular complexity index is 1280. The number of methoxy groups -OCH3 is 1. The van der Waals surface area contributed by atoms with E-state index in [1.807, 2.05) is 6.92 Å². The van der Waals surface area contributed by atoms with E-state index in [2.05, 4.69) is 14.7 Å². The van der Waals surface area contributed by atoms with Crippen LogP contribution in [0.15, 0.2) is 47.4 Å². The zero-order valence-electron chi connectivity index (χ0n) is 17.8. The number of benzene rings is 1. The molecule has 0 saturated heterocycles. The molecule has 0 aliphatic carbocycles. The minimum absolute atomic E-state index is 0.0507. The number of aromatic nitrogens is 3. The Kier molecular flexibility index (Phi) is 7.08. The van der Waals surface area contributed by atoms with Crippen LogP contribution in [-0.2, 0) is 17.1 Å². The third-order valence-electron chi connectivity index (χ3n) is 4.46. The maximum atomic E-state index is 14.3. The van der Waals surface area contributed by atoms with E-state index in [4.69, 9.17) is 9.47 Å². The van der Waals surface area contributed by atoms with Crippen LogP contribution in [0.3, 0.4) is 0 Å². The van der Waals surface area contributed by atoms with Crippen LogP contribution in [0.25, 0.3) is 11.3 Å². The van der Waals surface area contributed by atoms with Crippen LogP contribution in [0.2, 0.25) is 0 Å². The van der Waals surface area contributed by atoms with Gasteiger partial charge in [0.05, 0.1) is 18.6 Å². The lowest BCUT2D eigenvalue weighted by Crippen LogP contribution is -2.18. The highest BCUT2D eigenvalue weighted by molar-refractivity contribution is 7.92. The van der Waals surface area contributed by atoms with Crippen LogP contribution in [0.5, 0.6) is 17.5 Å². The molecule has 0 spiro atoms. The first kappa shape index (κ1) is 23.2. The number of pyridine rings is 1. The van der Waals surface area contributed by atoms with Crippen LogP contribution in [0, 0.1) is 5.82 Å². The van der Waals surface area contributed by atoms with E-state index in [1.54, 1.807) is 7.05 Å². The van der Waals surface area contributed by atoms with E-state index in [0.29, 0.717) is 18.4 Å². The number of rotatable bonds is 9. The van der Waals surface area contributed by atoms with Gasteiger partial charge in [-0.25, -0.2) is 12.8 Å². The molecule has 0 bridgehead atoms. The van der Waals surface area contributed by atoms with Crippen molar-refractivity contribution in [1.82, 2.24) is 14.5 Å². The maximum Gasteiger partial charge on any atom is 0.324 e. The minimum Gasteiger partial charge on any atom is -0.493 e. The summed E-state index contributed by atoms with van der Waals surface area (Å²) in [5, 5.41) is 0. The second-order valence-electron chi connectivity index (χ2n) is 6.94. The van der Waals surface area contributed by atoms with Crippen LogP contribution in [0.4, 0.5) is 10.2 Å². The molecule has 3 aromatic rings. The average molecular weight is 463 g/mol. The van der Waals surface area contributed by atoms with Crippen molar-refractivity contribution in [2.75, 3.05) is 17.6 Å². The molecule has 9 nitrogen and oxygen atoms in total. The largest absolute Gasteiger partial charge is 0.493 e. The molecule has 0 atom stereocenters. The van der Waals surface area contributed by atoms with E-state index in [0.717, 1.165) is 0 Å². The maximum absolute atomic E-state index is 14.3. The van der Waals surface area contributed by atoms with Gasteiger partial charge in [0.1, 0.15) is 5.82 Å². The molecule has 11 heteroatoms. The van der Waals surface area contributed by atoms with Crippen LogP contribution < -0.4 is 19.8 Å². The number of hydrogen-bond donors (Lipinski definition) is 1. The number of aryl methyl sites for hydroxylation is 1. The molecule has 3 rings (SSSR count). The molecule has 0 unspecified atom stereocenters. The second kappa shape index (κ2) is 9.77. The van der Waals surface area contributed by atoms with Crippen molar-refractivity contribution in [2.45, 2.75) is 19.8 Å². The highest BCUT2D eigenvalue weighted by Crippen LogP contribution is 2.34. The Hall–Kier alpha value is -3.47. The monoisotopic (exact) mass is 462 g/mol. The van der Waals surface area contributed by atoms with Gasteiger partial charge >= 0.3 is 6.01 Å². The Balaban J connectivity index is 2.08. The summed E-state index contributed by atoms with van der Waals surface area (Å²) in [6.45, 7) is 1.88. The molecular weight excluding hydrogens is 439 g/mol. The van der Waals surface area contributed by atoms with Crippen molar-refractivity contribution < 1.29 is 22.3 Å². The fourth-order valence-electron chi connectivity index (χ4n) is 2.80. The van der Waals surface area contributed by atoms with Gasteiger partial charge in [-0.05, 0) is 24.6 Å². The first-order chi connectivity index (χ1) is 15.2. The molecule has 2 heterocycles. The summed E-state index contributed by atoms with van der Waals surface area (Å²) in [5.41, 5.74) is 0.554. The predicted octanol–water partition coefficient (Wildman–Crippen LogP) is 3.32. The number of nitrogens with one attached hydrogen (secondary N) is 1. The smallest absolute Gasteiger partial charge is 0.324 e. The first-order valence-corrected chi connectivity index (χ1v) is 11.4. The molecule has 170 valence electrons. The summed E-state index contributed by atoms with van der Waals surface area (Å²) < 4.78 is 53.6. The Morgan fingerprint density at radius 2 is 1.97 bits per heavy atom. The van der Waals surface area contributed by atoms with Crippen molar-refractivity contribution in [3.8, 4) is 28.8 Å². The number of nitrogens with zero attached hydrogens (tertiary/aromatic N) is 3. The molecule has 1 N–H and O–H groups in total. The average Bonchev–Trinajstić information content (AvgIpc) is 2.75. The molecule has 32 heavy (non-hydrogen) atoms. The van der Waals surface area contributed by atoms with Gasteiger partial charge < -0.3 is 14.0 Å². The van der Waals surface area contributed by atoms with E-state index < -0.39 is 15.8 Å². The van der Waals surface area contributed by atoms with E-state index in [-0.39, 0.29) is 40.3 Å². The highest BCUT2D eigenvalue weighted by Gasteiger charge is 2.18. The summed E-state index contributed by atoms with van der Waals surface area (Å²) in [6, 6.07) is 8.14. The topological polar surface area (TPSA) is 112 Å². The third-order valence-corrected chi connectivity index (χ3v) is 5.80. The standard InChI is InChI=1S/C21H23FN4O5S/c1-4-5-11-32(28,29)25-18-12-16(14-9-10-19(27)26(2)13-14)23-21(24-18)31-20-15(22)7-6-8-17(20)30-3/h6-10,12-13H,4-5,11H2,1-3H3,(H,23,24,25). The summed E-state index contributed by atoms with van der Waals surface area (Å²) in [6.07, 6.45) is 2.72. The molecule has 1 aromatic carbocycles. The molecule has 0 amide bonds. The highest BCUT2D eigenvalue weighted by atomic mass is 32.2. The fourth-order valence-corrected chi connectivity index (χ4v) is 4.00. The fraction of sp³-hybridized carbons (Fsp3) is 0.286. The lowest BCUT2D eigenvalue weighted by Gasteiger charge is -2.13. The molecule has 0 aliphatic heterocycles. The minimum atomic E-state index is -3.67. The van der Waals surface area contributed by atoms with Gasteiger partial charge in [-0.2, -0.15) is 9.97 Å². The van der Waals surface area contributed by atoms with Crippen molar-refractivity contribution >= 4 is 15.8 Å². The molecule has 2 aromatic heterocycles. The number of unbranched alkanes of at least 4 members (excludes halogenated alkanes) is 1. The second-order valence-corrected chi connectivity index (χ2v) is 8.78. The van der Waals surface area contributed by atoms with Gasteiger partial charge in [-0.3, -0.25) is 9.52 Å². The van der Waals surface area contributed by atoms with Gasteiger partial charge in [0.2, 0.25) is 21.3 Å². The molecule has 0 saturated carbocycles. The predicted molar refractivity (Wildman–Crippen MR) is 118 cm³/mol. The number of hydrogen-bond acceptors (Lipinski definition) is 7. The van der Waals surface area contributed by atoms with Gasteiger partial charge in [0.15, 0.2) is 11.6 Å². The van der Waals surface area contributed by atoms with Gasteiger partial charge in [-0.1, -0.05) is 19.4 Å². The number of para-hydroxylation sites is 1. The van der Waals surface area contributed by atoms with Crippen molar-refractivity contribution in [1.29, 1.82) is 0 Å². The van der Waals surface area contributed by atoms with Gasteiger partial charge in [-0.15, -0.1) is 0 Å². The lowest BCUT2D eigenvalue weighted by molar-refractivity contribution is 0.352. The normalized spacial score (nSPS) is 11.2. The van der Waals surface area contributed by atoms with E-state index in [1.165, 1.54) is 54.3 Å². The van der Waals surface area contributed by atoms with Crippen molar-refractivity contribution in [3.63, 3.8) is 0 Å². The third kappa shape index (κ3) is 5.61. The Labute approximate surface area is 184 Å². The Morgan fingerprint density at radius 3 is 2.66 bits per heavy atom. The zero-order valence-corrected chi connectivity index (χ0v) is 18.6. The van der Waals surface area contributed by atoms with Crippen LogP contribution >= 0.6 is 0 Å². The van der Waals surface area contributed by atoms with Gasteiger partial charge in [0, 0.05) is 30.9 Å². The first-order valence-electron chi connectivity index (χ1n) is 9.79. The summed E-state index contributed by atoms with van der Waals surface area (Å²) in [7, 11) is -0.741. The zero-order chi connectivity index (χ0) is 23.3. The summed E-state index contributed by atoms with van der Waals surface area (Å²) in [5.74, 6) is -0.964. The van der Waals surface area contributed by atoms with Crippen molar-refractivity contribution in [3.05, 3.63) is 58.8 Å². The summed E-state index contributed by atoms with van der Waals surface area (Å²) in [4.78, 5) is 20.1. The van der Waals surface area contributed by atoms with Crippen LogP contribution in [-0.4, -0.2) is 35.8 Å². The molecule has 0 radical (unpaired) electrons. The van der Waals surface area contributed by atoms with Crippen LogP contribution in [0.1, 0.15) is 19.8 Å². The summed E-state index contributed by atoms with van der Waals surface area (Å²) >= 11 is 0. The Morgan fingerprint density at radius 1 is 1.19 bits per heavy atom. The number of anilines is 1. The molecular formula is C21H23FN4O5S. The quantitative estimate of drug-likeness (QED) is 0.519. The van der Waals surface area contributed by atoms with E-state index >= 15 is 0 Å². The SMILES string of the molecule is CCCCS(=O)(=O)Nc1cc(-c2ccc(=O)n(C)c2)nc(Oc2c(F)cccc2OC)n1. The molecule has 0 aliphatic rings. The molecule has 0 fully saturated rings. The lowest BCUT2D eigenvalue weighted by atomic mass is 10.2. The number of halogens is 1. The van der Waals surface area contributed by atoms with Gasteiger partial charge in [0.25, 0.3) is 0 Å². The van der Waals surface area contributed by atoms with E-state index in [9.17, 15) is 17.6 Å². The number of ether oxygens (including phenoxy) is 2. The van der Waals surface area contributed by atoms with Crippen molar-refractivity contribution in [2.24, 2.45) is 7.05 Å².